The van der Waals surface area contributed by atoms with E-state index in [4.69, 9.17) is 14.6 Å². The van der Waals surface area contributed by atoms with Gasteiger partial charge in [-0.1, -0.05) is 0 Å². The lowest BCUT2D eigenvalue weighted by Gasteiger charge is -2.27. The minimum absolute atomic E-state index is 0.0127. The van der Waals surface area contributed by atoms with E-state index in [2.05, 4.69) is 0 Å². The normalized spacial score (nSPS) is 17.2. The summed E-state index contributed by atoms with van der Waals surface area (Å²) in [5, 5.41) is 17.9. The number of carbonyl (C=O) groups excluding carboxylic acids is 1. The maximum Gasteiger partial charge on any atom is 0.338 e. The van der Waals surface area contributed by atoms with Gasteiger partial charge < -0.3 is 19.7 Å². The van der Waals surface area contributed by atoms with Gasteiger partial charge in [-0.25, -0.2) is 4.79 Å². The second kappa shape index (κ2) is 5.95. The quantitative estimate of drug-likeness (QED) is 0.583. The fourth-order valence-corrected chi connectivity index (χ4v) is 1.05. The summed E-state index contributed by atoms with van der Waals surface area (Å²) in [5.74, 6) is -0.532. The maximum absolute atomic E-state index is 11.4. The molecule has 0 radical (unpaired) electrons. The van der Waals surface area contributed by atoms with E-state index in [1.165, 1.54) is 14.0 Å². The van der Waals surface area contributed by atoms with Gasteiger partial charge in [-0.05, 0) is 13.8 Å². The molecule has 0 rings (SSSR count). The van der Waals surface area contributed by atoms with Crippen LogP contribution in [0.3, 0.4) is 0 Å². The molecule has 0 saturated carbocycles. The molecular weight excluding hydrogens is 188 g/mol. The molecule has 0 heterocycles. The van der Waals surface area contributed by atoms with Crippen molar-refractivity contribution < 1.29 is 24.5 Å². The second-order valence-electron chi connectivity index (χ2n) is 3.20. The number of carbonyl (C=O) groups is 1. The molecule has 0 fully saturated rings. The van der Waals surface area contributed by atoms with Crippen molar-refractivity contribution in [3.8, 4) is 0 Å². The number of hydrogen-bond acceptors (Lipinski definition) is 5. The van der Waals surface area contributed by atoms with Crippen LogP contribution in [0.1, 0.15) is 20.3 Å². The molecule has 0 bridgehead atoms. The summed E-state index contributed by atoms with van der Waals surface area (Å²) in [6.07, 6.45) is -0.969. The fourth-order valence-electron chi connectivity index (χ4n) is 1.05. The van der Waals surface area contributed by atoms with Crippen molar-refractivity contribution in [3.63, 3.8) is 0 Å². The first-order valence-electron chi connectivity index (χ1n) is 4.51. The number of ether oxygens (including phenoxy) is 2. The van der Waals surface area contributed by atoms with Crippen molar-refractivity contribution in [2.45, 2.75) is 32.0 Å². The number of methoxy groups -OCH3 is 1. The zero-order valence-corrected chi connectivity index (χ0v) is 8.82. The van der Waals surface area contributed by atoms with Gasteiger partial charge in [0.25, 0.3) is 0 Å². The van der Waals surface area contributed by atoms with Crippen LogP contribution in [0.2, 0.25) is 0 Å². The zero-order valence-electron chi connectivity index (χ0n) is 8.82. The molecule has 0 aliphatic rings. The summed E-state index contributed by atoms with van der Waals surface area (Å²) in [5.41, 5.74) is -1.20. The number of hydrogen-bond donors (Lipinski definition) is 2. The van der Waals surface area contributed by atoms with Crippen molar-refractivity contribution in [3.05, 3.63) is 0 Å². The van der Waals surface area contributed by atoms with Gasteiger partial charge in [0, 0.05) is 13.5 Å². The predicted molar refractivity (Wildman–Crippen MR) is 49.8 cm³/mol. The average Bonchev–Trinajstić information content (AvgIpc) is 2.17. The zero-order chi connectivity index (χ0) is 11.2. The van der Waals surface area contributed by atoms with E-state index in [1.54, 1.807) is 6.92 Å². The highest BCUT2D eigenvalue weighted by Crippen LogP contribution is 2.18. The van der Waals surface area contributed by atoms with Crippen molar-refractivity contribution in [1.29, 1.82) is 0 Å². The van der Waals surface area contributed by atoms with Gasteiger partial charge in [0.2, 0.25) is 0 Å². The Morgan fingerprint density at radius 1 is 1.57 bits per heavy atom. The summed E-state index contributed by atoms with van der Waals surface area (Å²) < 4.78 is 9.77. The van der Waals surface area contributed by atoms with E-state index < -0.39 is 24.3 Å². The highest BCUT2D eigenvalue weighted by atomic mass is 16.6. The molecule has 0 saturated heterocycles. The summed E-state index contributed by atoms with van der Waals surface area (Å²) in [7, 11) is 1.36. The molecule has 0 aromatic carbocycles. The molecule has 14 heavy (non-hydrogen) atoms. The first-order valence-corrected chi connectivity index (χ1v) is 4.51. The molecule has 2 unspecified atom stereocenters. The van der Waals surface area contributed by atoms with Crippen LogP contribution < -0.4 is 0 Å². The number of rotatable bonds is 6. The van der Waals surface area contributed by atoms with E-state index in [9.17, 15) is 9.90 Å². The van der Waals surface area contributed by atoms with Gasteiger partial charge in [0.1, 0.15) is 0 Å². The lowest BCUT2D eigenvalue weighted by atomic mass is 9.98. The van der Waals surface area contributed by atoms with Crippen LogP contribution in [0, 0.1) is 0 Å². The van der Waals surface area contributed by atoms with Gasteiger partial charge >= 0.3 is 5.97 Å². The van der Waals surface area contributed by atoms with E-state index in [0.717, 1.165) is 0 Å². The van der Waals surface area contributed by atoms with E-state index in [1.807, 2.05) is 0 Å². The molecule has 0 aliphatic heterocycles. The topological polar surface area (TPSA) is 76.0 Å². The molecule has 0 aromatic heterocycles. The Bertz CT molecular complexity index is 182. The molecule has 0 spiro atoms. The van der Waals surface area contributed by atoms with Crippen molar-refractivity contribution in [1.82, 2.24) is 0 Å². The van der Waals surface area contributed by atoms with E-state index in [0.29, 0.717) is 0 Å². The average molecular weight is 206 g/mol. The third-order valence-electron chi connectivity index (χ3n) is 1.99. The highest BCUT2D eigenvalue weighted by Gasteiger charge is 2.36. The Morgan fingerprint density at radius 3 is 2.50 bits per heavy atom. The summed E-state index contributed by atoms with van der Waals surface area (Å²) in [4.78, 5) is 11.4. The lowest BCUT2D eigenvalue weighted by molar-refractivity contribution is -0.170. The van der Waals surface area contributed by atoms with E-state index in [-0.39, 0.29) is 13.0 Å². The molecular formula is C9H18O5. The summed E-state index contributed by atoms with van der Waals surface area (Å²) in [6.45, 7) is 3.06. The van der Waals surface area contributed by atoms with Gasteiger partial charge in [-0.15, -0.1) is 0 Å². The standard InChI is InChI=1S/C9H18O5/c1-4-14-8(12)9(2,13-3)5-7(11)6-10/h7,10-11H,4-6H2,1-3H3. The Labute approximate surface area is 83.6 Å². The van der Waals surface area contributed by atoms with Crippen LogP contribution in [0.5, 0.6) is 0 Å². The maximum atomic E-state index is 11.4. The Balaban J connectivity index is 4.37. The highest BCUT2D eigenvalue weighted by molar-refractivity contribution is 5.79. The number of aliphatic hydroxyl groups excluding tert-OH is 2. The van der Waals surface area contributed by atoms with Crippen LogP contribution in [-0.4, -0.2) is 48.2 Å². The van der Waals surface area contributed by atoms with Crippen LogP contribution in [0.15, 0.2) is 0 Å². The van der Waals surface area contributed by atoms with Crippen LogP contribution in [-0.2, 0) is 14.3 Å². The smallest absolute Gasteiger partial charge is 0.338 e. The molecule has 2 atom stereocenters. The largest absolute Gasteiger partial charge is 0.464 e. The third kappa shape index (κ3) is 3.61. The first-order chi connectivity index (χ1) is 6.50. The minimum atomic E-state index is -1.20. The monoisotopic (exact) mass is 206 g/mol. The van der Waals surface area contributed by atoms with Crippen molar-refractivity contribution in [2.24, 2.45) is 0 Å². The Hall–Kier alpha value is -0.650. The second-order valence-corrected chi connectivity index (χ2v) is 3.20. The van der Waals surface area contributed by atoms with Gasteiger partial charge in [0.05, 0.1) is 19.3 Å². The van der Waals surface area contributed by atoms with Crippen molar-refractivity contribution in [2.75, 3.05) is 20.3 Å². The minimum Gasteiger partial charge on any atom is -0.464 e. The van der Waals surface area contributed by atoms with Gasteiger partial charge in [-0.3, -0.25) is 0 Å². The summed E-state index contributed by atoms with van der Waals surface area (Å²) in [6, 6.07) is 0. The number of aliphatic hydroxyl groups is 2. The molecule has 5 nitrogen and oxygen atoms in total. The summed E-state index contributed by atoms with van der Waals surface area (Å²) >= 11 is 0. The molecule has 2 N–H and O–H groups in total. The Morgan fingerprint density at radius 2 is 2.14 bits per heavy atom. The molecule has 0 aliphatic carbocycles. The lowest BCUT2D eigenvalue weighted by Crippen LogP contribution is -2.42. The Kier molecular flexibility index (Phi) is 5.68. The fraction of sp³-hybridized carbons (Fsp3) is 0.889. The third-order valence-corrected chi connectivity index (χ3v) is 1.99. The number of esters is 1. The van der Waals surface area contributed by atoms with Gasteiger partial charge in [0.15, 0.2) is 5.60 Å². The first kappa shape index (κ1) is 13.4. The van der Waals surface area contributed by atoms with Crippen LogP contribution in [0.4, 0.5) is 0 Å². The van der Waals surface area contributed by atoms with Crippen LogP contribution >= 0.6 is 0 Å². The molecule has 5 heteroatoms. The van der Waals surface area contributed by atoms with Crippen molar-refractivity contribution >= 4 is 5.97 Å². The molecule has 84 valence electrons. The molecule has 0 aromatic rings. The SMILES string of the molecule is CCOC(=O)C(C)(CC(O)CO)OC. The predicted octanol–water partition coefficient (Wildman–Crippen LogP) is -0.302. The van der Waals surface area contributed by atoms with E-state index >= 15 is 0 Å². The van der Waals surface area contributed by atoms with Gasteiger partial charge in [-0.2, -0.15) is 0 Å². The van der Waals surface area contributed by atoms with Crippen LogP contribution in [0.25, 0.3) is 0 Å². The molecule has 0 amide bonds.